The predicted octanol–water partition coefficient (Wildman–Crippen LogP) is -1.49. The van der Waals surface area contributed by atoms with E-state index >= 15 is 0 Å². The molecule has 0 unspecified atom stereocenters. The summed E-state index contributed by atoms with van der Waals surface area (Å²) in [6, 6.07) is 0.0853. The number of carbonyl (C=O) groups is 2. The Kier molecular flexibility index (Phi) is 3.07. The summed E-state index contributed by atoms with van der Waals surface area (Å²) < 4.78 is 4.31. The van der Waals surface area contributed by atoms with E-state index in [0.29, 0.717) is 13.1 Å². The first kappa shape index (κ1) is 9.79. The molecule has 0 atom stereocenters. The average Bonchev–Trinajstić information content (AvgIpc) is 2.08. The van der Waals surface area contributed by atoms with E-state index in [1.165, 1.54) is 7.11 Å². The number of alkyl carbamates (subject to hydrolysis) is 1. The number of nitrogens with two attached hydrogens (primary N) is 1. The molecule has 2 amide bonds. The summed E-state index contributed by atoms with van der Waals surface area (Å²) in [4.78, 5) is 23.4. The first-order valence-corrected chi connectivity index (χ1v) is 3.98. The highest BCUT2D eigenvalue weighted by atomic mass is 16.5. The minimum absolute atomic E-state index is 0.0284. The SMILES string of the molecule is COC(=O)NCC(=O)N1CC(N)C1. The van der Waals surface area contributed by atoms with Gasteiger partial charge in [-0.15, -0.1) is 0 Å². The Morgan fingerprint density at radius 3 is 2.69 bits per heavy atom. The normalized spacial score (nSPS) is 16.3. The summed E-state index contributed by atoms with van der Waals surface area (Å²) in [5, 5.41) is 2.30. The summed E-state index contributed by atoms with van der Waals surface area (Å²) >= 11 is 0. The molecule has 0 bridgehead atoms. The van der Waals surface area contributed by atoms with Crippen molar-refractivity contribution < 1.29 is 14.3 Å². The van der Waals surface area contributed by atoms with Gasteiger partial charge in [0.15, 0.2) is 0 Å². The number of ether oxygens (including phenoxy) is 1. The molecular formula is C7H13N3O3. The van der Waals surface area contributed by atoms with Gasteiger partial charge in [-0.3, -0.25) is 4.79 Å². The molecule has 0 saturated carbocycles. The van der Waals surface area contributed by atoms with Gasteiger partial charge in [0.05, 0.1) is 7.11 Å². The van der Waals surface area contributed by atoms with Crippen molar-refractivity contribution in [3.63, 3.8) is 0 Å². The van der Waals surface area contributed by atoms with E-state index in [9.17, 15) is 9.59 Å². The lowest BCUT2D eigenvalue weighted by atomic mass is 10.1. The third kappa shape index (κ3) is 2.59. The minimum atomic E-state index is -0.599. The number of carbonyl (C=O) groups excluding carboxylic acids is 2. The number of rotatable bonds is 2. The van der Waals surface area contributed by atoms with Crippen molar-refractivity contribution in [3.8, 4) is 0 Å². The lowest BCUT2D eigenvalue weighted by molar-refractivity contribution is -0.134. The molecule has 1 aliphatic heterocycles. The second-order valence-electron chi connectivity index (χ2n) is 2.90. The maximum atomic E-state index is 11.2. The molecule has 1 aliphatic rings. The highest BCUT2D eigenvalue weighted by Gasteiger charge is 2.27. The highest BCUT2D eigenvalue weighted by molar-refractivity contribution is 5.82. The quantitative estimate of drug-likeness (QED) is 0.551. The van der Waals surface area contributed by atoms with Gasteiger partial charge in [-0.1, -0.05) is 0 Å². The maximum Gasteiger partial charge on any atom is 0.407 e. The van der Waals surface area contributed by atoms with Crippen LogP contribution in [0.4, 0.5) is 4.79 Å². The Bertz CT molecular complexity index is 213. The minimum Gasteiger partial charge on any atom is -0.453 e. The van der Waals surface area contributed by atoms with Crippen molar-refractivity contribution in [2.45, 2.75) is 6.04 Å². The van der Waals surface area contributed by atoms with Gasteiger partial charge in [0, 0.05) is 19.1 Å². The zero-order valence-corrected chi connectivity index (χ0v) is 7.45. The van der Waals surface area contributed by atoms with Crippen LogP contribution in [0.1, 0.15) is 0 Å². The van der Waals surface area contributed by atoms with E-state index in [-0.39, 0.29) is 18.5 Å². The second-order valence-corrected chi connectivity index (χ2v) is 2.90. The predicted molar refractivity (Wildman–Crippen MR) is 45.0 cm³/mol. The van der Waals surface area contributed by atoms with Crippen molar-refractivity contribution >= 4 is 12.0 Å². The lowest BCUT2D eigenvalue weighted by Crippen LogP contribution is -2.59. The van der Waals surface area contributed by atoms with Gasteiger partial charge in [-0.25, -0.2) is 4.79 Å². The molecule has 0 aliphatic carbocycles. The first-order valence-electron chi connectivity index (χ1n) is 3.98. The van der Waals surface area contributed by atoms with E-state index < -0.39 is 6.09 Å². The zero-order valence-electron chi connectivity index (χ0n) is 7.45. The fourth-order valence-corrected chi connectivity index (χ4v) is 1.05. The highest BCUT2D eigenvalue weighted by Crippen LogP contribution is 2.04. The summed E-state index contributed by atoms with van der Waals surface area (Å²) in [7, 11) is 1.25. The van der Waals surface area contributed by atoms with Gasteiger partial charge in [0.2, 0.25) is 5.91 Å². The third-order valence-corrected chi connectivity index (χ3v) is 1.83. The molecule has 13 heavy (non-hydrogen) atoms. The summed E-state index contributed by atoms with van der Waals surface area (Å²) in [6.45, 7) is 1.11. The number of likely N-dealkylation sites (tertiary alicyclic amines) is 1. The largest absolute Gasteiger partial charge is 0.453 e. The van der Waals surface area contributed by atoms with Crippen molar-refractivity contribution in [1.82, 2.24) is 10.2 Å². The van der Waals surface area contributed by atoms with Crippen molar-refractivity contribution in [2.75, 3.05) is 26.7 Å². The summed E-state index contributed by atoms with van der Waals surface area (Å²) in [5.41, 5.74) is 5.48. The molecule has 6 nitrogen and oxygen atoms in total. The third-order valence-electron chi connectivity index (χ3n) is 1.83. The number of nitrogens with zero attached hydrogens (tertiary/aromatic N) is 1. The fourth-order valence-electron chi connectivity index (χ4n) is 1.05. The fraction of sp³-hybridized carbons (Fsp3) is 0.714. The van der Waals surface area contributed by atoms with Crippen molar-refractivity contribution in [2.24, 2.45) is 5.73 Å². The van der Waals surface area contributed by atoms with Crippen LogP contribution >= 0.6 is 0 Å². The van der Waals surface area contributed by atoms with Crippen LogP contribution in [0.3, 0.4) is 0 Å². The Hall–Kier alpha value is -1.30. The van der Waals surface area contributed by atoms with Gasteiger partial charge in [-0.2, -0.15) is 0 Å². The van der Waals surface area contributed by atoms with Crippen LogP contribution in [0, 0.1) is 0 Å². The standard InChI is InChI=1S/C7H13N3O3/c1-13-7(12)9-2-6(11)10-3-5(8)4-10/h5H,2-4,8H2,1H3,(H,9,12). The van der Waals surface area contributed by atoms with Gasteiger partial charge in [-0.05, 0) is 0 Å². The molecular weight excluding hydrogens is 174 g/mol. The van der Waals surface area contributed by atoms with E-state index in [2.05, 4.69) is 10.1 Å². The molecule has 0 aromatic rings. The summed E-state index contributed by atoms with van der Waals surface area (Å²) in [6.07, 6.45) is -0.599. The zero-order chi connectivity index (χ0) is 9.84. The first-order chi connectivity index (χ1) is 6.13. The van der Waals surface area contributed by atoms with Crippen LogP contribution in [-0.2, 0) is 9.53 Å². The average molecular weight is 187 g/mol. The molecule has 0 spiro atoms. The number of hydrogen-bond donors (Lipinski definition) is 2. The molecule has 0 aromatic heterocycles. The summed E-state index contributed by atoms with van der Waals surface area (Å²) in [5.74, 6) is -0.132. The van der Waals surface area contributed by atoms with Crippen LogP contribution in [-0.4, -0.2) is 49.7 Å². The molecule has 1 saturated heterocycles. The second kappa shape index (κ2) is 4.08. The lowest BCUT2D eigenvalue weighted by Gasteiger charge is -2.36. The smallest absolute Gasteiger partial charge is 0.407 e. The monoisotopic (exact) mass is 187 g/mol. The van der Waals surface area contributed by atoms with Crippen molar-refractivity contribution in [3.05, 3.63) is 0 Å². The van der Waals surface area contributed by atoms with E-state index in [4.69, 9.17) is 5.73 Å². The molecule has 1 rings (SSSR count). The molecule has 1 heterocycles. The van der Waals surface area contributed by atoms with E-state index in [0.717, 1.165) is 0 Å². The molecule has 0 aromatic carbocycles. The van der Waals surface area contributed by atoms with Crippen LogP contribution in [0.2, 0.25) is 0 Å². The molecule has 1 fully saturated rings. The number of amides is 2. The van der Waals surface area contributed by atoms with Gasteiger partial charge in [0.1, 0.15) is 6.54 Å². The molecule has 0 radical (unpaired) electrons. The Balaban J connectivity index is 2.15. The van der Waals surface area contributed by atoms with Crippen LogP contribution in [0.15, 0.2) is 0 Å². The molecule has 3 N–H and O–H groups in total. The van der Waals surface area contributed by atoms with Crippen LogP contribution in [0.5, 0.6) is 0 Å². The molecule has 6 heteroatoms. The Labute approximate surface area is 76.0 Å². The van der Waals surface area contributed by atoms with Gasteiger partial charge < -0.3 is 20.7 Å². The van der Waals surface area contributed by atoms with Gasteiger partial charge >= 0.3 is 6.09 Å². The van der Waals surface area contributed by atoms with E-state index in [1.807, 2.05) is 0 Å². The van der Waals surface area contributed by atoms with Gasteiger partial charge in [0.25, 0.3) is 0 Å². The topological polar surface area (TPSA) is 84.7 Å². The maximum absolute atomic E-state index is 11.2. The molecule has 74 valence electrons. The number of hydrogen-bond acceptors (Lipinski definition) is 4. The number of nitrogens with one attached hydrogen (secondary N) is 1. The van der Waals surface area contributed by atoms with Crippen LogP contribution < -0.4 is 11.1 Å². The van der Waals surface area contributed by atoms with Crippen LogP contribution in [0.25, 0.3) is 0 Å². The Morgan fingerprint density at radius 2 is 2.23 bits per heavy atom. The Morgan fingerprint density at radius 1 is 1.62 bits per heavy atom. The van der Waals surface area contributed by atoms with Crippen molar-refractivity contribution in [1.29, 1.82) is 0 Å². The number of methoxy groups -OCH3 is 1. The van der Waals surface area contributed by atoms with E-state index in [1.54, 1.807) is 4.90 Å².